The molecule has 0 spiro atoms. The lowest BCUT2D eigenvalue weighted by Gasteiger charge is -2.08. The van der Waals surface area contributed by atoms with Gasteiger partial charge in [0.05, 0.1) is 12.7 Å². The second-order valence-electron chi connectivity index (χ2n) is 5.78. The van der Waals surface area contributed by atoms with E-state index >= 15 is 0 Å². The minimum absolute atomic E-state index is 0.359. The first-order chi connectivity index (χ1) is 12.5. The normalized spacial score (nSPS) is 10.1. The van der Waals surface area contributed by atoms with Crippen LogP contribution in [0.25, 0.3) is 0 Å². The number of amides is 2. The van der Waals surface area contributed by atoms with Gasteiger partial charge in [0.15, 0.2) is 0 Å². The van der Waals surface area contributed by atoms with E-state index in [1.54, 1.807) is 12.1 Å². The third-order valence-electron chi connectivity index (χ3n) is 3.80. The maximum absolute atomic E-state index is 12.0. The number of hydrogen-bond donors (Lipinski definition) is 2. The van der Waals surface area contributed by atoms with E-state index in [2.05, 4.69) is 22.3 Å². The molecule has 2 rings (SSSR count). The number of hydrogen-bond acceptors (Lipinski definition) is 4. The van der Waals surface area contributed by atoms with E-state index in [4.69, 9.17) is 0 Å². The van der Waals surface area contributed by atoms with Gasteiger partial charge in [-0.15, -0.1) is 0 Å². The van der Waals surface area contributed by atoms with Crippen LogP contribution in [0.2, 0.25) is 0 Å². The molecule has 6 heteroatoms. The van der Waals surface area contributed by atoms with E-state index < -0.39 is 17.8 Å². The lowest BCUT2D eigenvalue weighted by atomic mass is 10.1. The summed E-state index contributed by atoms with van der Waals surface area (Å²) >= 11 is 0. The molecule has 0 saturated carbocycles. The first-order valence-electron chi connectivity index (χ1n) is 8.43. The molecular formula is C20H22N2O4. The molecule has 0 fully saturated rings. The van der Waals surface area contributed by atoms with Crippen LogP contribution in [0.5, 0.6) is 0 Å². The molecule has 6 nitrogen and oxygen atoms in total. The number of rotatable bonds is 6. The average Bonchev–Trinajstić information content (AvgIpc) is 2.67. The predicted octanol–water partition coefficient (Wildman–Crippen LogP) is 3.39. The van der Waals surface area contributed by atoms with Crippen LogP contribution in [0.1, 0.15) is 35.7 Å². The van der Waals surface area contributed by atoms with Crippen molar-refractivity contribution < 1.29 is 19.1 Å². The summed E-state index contributed by atoms with van der Waals surface area (Å²) in [6.07, 6.45) is 3.23. The fourth-order valence-corrected chi connectivity index (χ4v) is 2.32. The van der Waals surface area contributed by atoms with Crippen LogP contribution >= 0.6 is 0 Å². The molecule has 2 aromatic rings. The zero-order chi connectivity index (χ0) is 18.9. The van der Waals surface area contributed by atoms with Crippen LogP contribution in [0.3, 0.4) is 0 Å². The number of anilines is 2. The number of carbonyl (C=O) groups is 3. The average molecular weight is 354 g/mol. The number of carbonyl (C=O) groups excluding carboxylic acids is 3. The quantitative estimate of drug-likeness (QED) is 0.615. The van der Waals surface area contributed by atoms with Gasteiger partial charge >= 0.3 is 17.8 Å². The molecule has 0 atom stereocenters. The molecule has 2 aromatic carbocycles. The molecule has 0 aromatic heterocycles. The summed E-state index contributed by atoms with van der Waals surface area (Å²) in [4.78, 5) is 35.4. The molecule has 0 aliphatic heterocycles. The van der Waals surface area contributed by atoms with Gasteiger partial charge in [-0.25, -0.2) is 4.79 Å². The number of methoxy groups -OCH3 is 1. The number of benzene rings is 2. The Morgan fingerprint density at radius 3 is 1.81 bits per heavy atom. The summed E-state index contributed by atoms with van der Waals surface area (Å²) in [6.45, 7) is 2.14. The number of aryl methyl sites for hydroxylation is 1. The molecule has 136 valence electrons. The Morgan fingerprint density at radius 1 is 0.846 bits per heavy atom. The van der Waals surface area contributed by atoms with Crippen LogP contribution in [-0.2, 0) is 20.7 Å². The maximum Gasteiger partial charge on any atom is 0.337 e. The first-order valence-corrected chi connectivity index (χ1v) is 8.43. The van der Waals surface area contributed by atoms with Gasteiger partial charge in [-0.3, -0.25) is 9.59 Å². The third-order valence-corrected chi connectivity index (χ3v) is 3.80. The summed E-state index contributed by atoms with van der Waals surface area (Å²) in [5, 5.41) is 5.04. The van der Waals surface area contributed by atoms with Crippen LogP contribution in [0.15, 0.2) is 48.5 Å². The Morgan fingerprint density at radius 2 is 1.35 bits per heavy atom. The highest BCUT2D eigenvalue weighted by Gasteiger charge is 2.14. The summed E-state index contributed by atoms with van der Waals surface area (Å²) in [7, 11) is 1.29. The molecule has 2 amide bonds. The molecule has 26 heavy (non-hydrogen) atoms. The number of esters is 1. The van der Waals surface area contributed by atoms with Crippen LogP contribution in [0, 0.1) is 0 Å². The summed E-state index contributed by atoms with van der Waals surface area (Å²) in [5.41, 5.74) is 2.53. The zero-order valence-corrected chi connectivity index (χ0v) is 14.9. The van der Waals surface area contributed by atoms with E-state index in [0.29, 0.717) is 16.9 Å². The van der Waals surface area contributed by atoms with Crippen molar-refractivity contribution in [3.8, 4) is 0 Å². The Bertz CT molecular complexity index is 767. The number of nitrogens with one attached hydrogen (secondary N) is 2. The number of unbranched alkanes of at least 4 members (excludes halogenated alkanes) is 1. The van der Waals surface area contributed by atoms with Gasteiger partial charge in [-0.2, -0.15) is 0 Å². The fourth-order valence-electron chi connectivity index (χ4n) is 2.32. The second kappa shape index (κ2) is 9.36. The van der Waals surface area contributed by atoms with Crippen molar-refractivity contribution in [2.45, 2.75) is 26.2 Å². The Labute approximate surface area is 152 Å². The van der Waals surface area contributed by atoms with Crippen LogP contribution < -0.4 is 10.6 Å². The van der Waals surface area contributed by atoms with Gasteiger partial charge in [0.2, 0.25) is 0 Å². The molecular weight excluding hydrogens is 332 g/mol. The summed E-state index contributed by atoms with van der Waals surface area (Å²) in [5.74, 6) is -2.02. The first kappa shape index (κ1) is 19.2. The summed E-state index contributed by atoms with van der Waals surface area (Å²) < 4.78 is 4.60. The van der Waals surface area contributed by atoms with E-state index in [0.717, 1.165) is 19.3 Å². The smallest absolute Gasteiger partial charge is 0.337 e. The minimum Gasteiger partial charge on any atom is -0.465 e. The topological polar surface area (TPSA) is 84.5 Å². The molecule has 0 aliphatic carbocycles. The highest BCUT2D eigenvalue weighted by Crippen LogP contribution is 2.13. The standard InChI is InChI=1S/C20H22N2O4/c1-3-4-5-14-6-10-16(11-7-14)21-18(23)19(24)22-17-12-8-15(9-13-17)20(25)26-2/h6-13H,3-5H2,1-2H3,(H,21,23)(H,22,24). The molecule has 2 N–H and O–H groups in total. The maximum atomic E-state index is 12.0. The molecule has 0 bridgehead atoms. The van der Waals surface area contributed by atoms with Crippen molar-refractivity contribution in [3.63, 3.8) is 0 Å². The van der Waals surface area contributed by atoms with Crippen molar-refractivity contribution in [1.29, 1.82) is 0 Å². The van der Waals surface area contributed by atoms with Gasteiger partial charge in [0.25, 0.3) is 0 Å². The van der Waals surface area contributed by atoms with Gasteiger partial charge in [-0.1, -0.05) is 25.5 Å². The van der Waals surface area contributed by atoms with Crippen molar-refractivity contribution in [2.24, 2.45) is 0 Å². The molecule has 0 saturated heterocycles. The lowest BCUT2D eigenvalue weighted by molar-refractivity contribution is -0.132. The lowest BCUT2D eigenvalue weighted by Crippen LogP contribution is -2.29. The van der Waals surface area contributed by atoms with E-state index in [1.165, 1.54) is 36.9 Å². The highest BCUT2D eigenvalue weighted by molar-refractivity contribution is 6.43. The van der Waals surface area contributed by atoms with E-state index in [1.807, 2.05) is 12.1 Å². The minimum atomic E-state index is -0.786. The fraction of sp³-hybridized carbons (Fsp3) is 0.250. The van der Waals surface area contributed by atoms with Gasteiger partial charge < -0.3 is 15.4 Å². The monoisotopic (exact) mass is 354 g/mol. The Balaban J connectivity index is 1.91. The van der Waals surface area contributed by atoms with Crippen LogP contribution in [0.4, 0.5) is 11.4 Å². The van der Waals surface area contributed by atoms with Gasteiger partial charge in [0.1, 0.15) is 0 Å². The summed E-state index contributed by atoms with van der Waals surface area (Å²) in [6, 6.07) is 13.5. The molecule has 0 radical (unpaired) electrons. The molecule has 0 unspecified atom stereocenters. The van der Waals surface area contributed by atoms with Crippen molar-refractivity contribution in [3.05, 3.63) is 59.7 Å². The SMILES string of the molecule is CCCCc1ccc(NC(=O)C(=O)Nc2ccc(C(=O)OC)cc2)cc1. The van der Waals surface area contributed by atoms with Crippen molar-refractivity contribution in [1.82, 2.24) is 0 Å². The van der Waals surface area contributed by atoms with Gasteiger partial charge in [-0.05, 0) is 54.8 Å². The third kappa shape index (κ3) is 5.44. The highest BCUT2D eigenvalue weighted by atomic mass is 16.5. The molecule has 0 aliphatic rings. The van der Waals surface area contributed by atoms with Gasteiger partial charge in [0, 0.05) is 11.4 Å². The Kier molecular flexibility index (Phi) is 6.91. The van der Waals surface area contributed by atoms with E-state index in [-0.39, 0.29) is 0 Å². The van der Waals surface area contributed by atoms with Crippen LogP contribution in [-0.4, -0.2) is 24.9 Å². The largest absolute Gasteiger partial charge is 0.465 e. The van der Waals surface area contributed by atoms with Crippen molar-refractivity contribution in [2.75, 3.05) is 17.7 Å². The zero-order valence-electron chi connectivity index (χ0n) is 14.9. The van der Waals surface area contributed by atoms with E-state index in [9.17, 15) is 14.4 Å². The van der Waals surface area contributed by atoms with Crippen molar-refractivity contribution >= 4 is 29.2 Å². The number of ether oxygens (including phenoxy) is 1. The molecule has 0 heterocycles. The predicted molar refractivity (Wildman–Crippen MR) is 100 cm³/mol. The Hall–Kier alpha value is -3.15. The second-order valence-corrected chi connectivity index (χ2v) is 5.78.